The topological polar surface area (TPSA) is 83.6 Å². The van der Waals surface area contributed by atoms with Gasteiger partial charge in [0.05, 0.1) is 24.7 Å². The van der Waals surface area contributed by atoms with Gasteiger partial charge in [0.1, 0.15) is 4.88 Å². The van der Waals surface area contributed by atoms with E-state index in [0.717, 1.165) is 63.4 Å². The highest BCUT2D eigenvalue weighted by molar-refractivity contribution is 8.93. The molecule has 1 amide bonds. The zero-order valence-corrected chi connectivity index (χ0v) is 20.4. The summed E-state index contributed by atoms with van der Waals surface area (Å²) in [7, 11) is 1.42. The fraction of sp³-hybridized carbons (Fsp3) is 0.722. The first kappa shape index (κ1) is 25.5. The number of methoxy groups -OCH3 is 1. The number of thiazole rings is 1. The van der Waals surface area contributed by atoms with Gasteiger partial charge in [0.2, 0.25) is 0 Å². The first-order chi connectivity index (χ1) is 12.7. The van der Waals surface area contributed by atoms with E-state index in [-0.39, 0.29) is 51.9 Å². The molecule has 1 aromatic rings. The second-order valence-electron chi connectivity index (χ2n) is 7.00. The number of nitrogens with one attached hydrogen (secondary N) is 2. The monoisotopic (exact) mass is 540 g/mol. The van der Waals surface area contributed by atoms with Crippen LogP contribution < -0.4 is 10.6 Å². The van der Waals surface area contributed by atoms with Gasteiger partial charge in [0, 0.05) is 31.6 Å². The van der Waals surface area contributed by atoms with Crippen molar-refractivity contribution in [3.63, 3.8) is 0 Å². The lowest BCUT2D eigenvalue weighted by Gasteiger charge is -2.31. The summed E-state index contributed by atoms with van der Waals surface area (Å²) in [5.41, 5.74) is 0. The van der Waals surface area contributed by atoms with Gasteiger partial charge in [-0.15, -0.1) is 45.3 Å². The fourth-order valence-corrected chi connectivity index (χ4v) is 4.55. The van der Waals surface area contributed by atoms with Gasteiger partial charge in [-0.1, -0.05) is 0 Å². The molecule has 160 valence electrons. The highest BCUT2D eigenvalue weighted by atomic mass is 79.9. The summed E-state index contributed by atoms with van der Waals surface area (Å²) in [6.45, 7) is 4.57. The second-order valence-corrected chi connectivity index (χ2v) is 8.06. The summed E-state index contributed by atoms with van der Waals surface area (Å²) in [6.07, 6.45) is 6.16. The zero-order chi connectivity index (χ0) is 18.4. The quantitative estimate of drug-likeness (QED) is 0.538. The summed E-state index contributed by atoms with van der Waals surface area (Å²) in [5.74, 6) is 0.312. The molecule has 3 rings (SSSR count). The molecule has 0 radical (unpaired) electrons. The van der Waals surface area contributed by atoms with Crippen LogP contribution in [0.4, 0.5) is 0 Å². The molecule has 2 aliphatic heterocycles. The molecule has 0 atom stereocenters. The Hall–Kier alpha value is -0.550. The van der Waals surface area contributed by atoms with Crippen LogP contribution >= 0.6 is 45.3 Å². The van der Waals surface area contributed by atoms with E-state index in [2.05, 4.69) is 25.3 Å². The lowest BCUT2D eigenvalue weighted by Crippen LogP contribution is -2.45. The van der Waals surface area contributed by atoms with Crippen molar-refractivity contribution in [2.45, 2.75) is 44.1 Å². The zero-order valence-electron chi connectivity index (χ0n) is 16.1. The summed E-state index contributed by atoms with van der Waals surface area (Å²) in [6, 6.07) is 0.196. The van der Waals surface area contributed by atoms with E-state index >= 15 is 0 Å². The first-order valence-corrected chi connectivity index (χ1v) is 10.2. The van der Waals surface area contributed by atoms with Gasteiger partial charge in [0.25, 0.3) is 5.91 Å². The first-order valence-electron chi connectivity index (χ1n) is 9.42. The average Bonchev–Trinajstić information content (AvgIpc) is 3.18. The van der Waals surface area contributed by atoms with E-state index in [1.165, 1.54) is 18.4 Å². The van der Waals surface area contributed by atoms with Crippen LogP contribution in [0.15, 0.2) is 6.20 Å². The molecule has 2 aliphatic rings. The molecule has 1 aromatic heterocycles. The molecule has 0 unspecified atom stereocenters. The van der Waals surface area contributed by atoms with Crippen molar-refractivity contribution >= 4 is 57.2 Å². The number of ether oxygens (including phenoxy) is 1. The van der Waals surface area contributed by atoms with E-state index in [4.69, 9.17) is 0 Å². The summed E-state index contributed by atoms with van der Waals surface area (Å²) < 4.78 is 4.68. The van der Waals surface area contributed by atoms with Crippen LogP contribution in [-0.4, -0.2) is 67.6 Å². The molecular formula is C18H30Br2N4O3S. The number of esters is 1. The van der Waals surface area contributed by atoms with Crippen molar-refractivity contribution in [2.75, 3.05) is 39.8 Å². The minimum atomic E-state index is -0.171. The molecule has 0 aromatic carbocycles. The maximum Gasteiger partial charge on any atom is 0.306 e. The molecule has 2 N–H and O–H groups in total. The van der Waals surface area contributed by atoms with Gasteiger partial charge in [-0.3, -0.25) is 9.59 Å². The Kier molecular flexibility index (Phi) is 11.7. The Morgan fingerprint density at radius 1 is 1.25 bits per heavy atom. The van der Waals surface area contributed by atoms with E-state index < -0.39 is 0 Å². The maximum atomic E-state index is 12.5. The van der Waals surface area contributed by atoms with Crippen molar-refractivity contribution in [3.8, 4) is 0 Å². The van der Waals surface area contributed by atoms with Gasteiger partial charge in [-0.2, -0.15) is 0 Å². The third kappa shape index (κ3) is 7.37. The molecule has 2 saturated heterocycles. The van der Waals surface area contributed by atoms with Crippen LogP contribution in [0, 0.1) is 0 Å². The highest BCUT2D eigenvalue weighted by Crippen LogP contribution is 2.29. The Morgan fingerprint density at radius 3 is 2.57 bits per heavy atom. The number of piperidine rings is 2. The summed E-state index contributed by atoms with van der Waals surface area (Å²) >= 11 is 1.54. The van der Waals surface area contributed by atoms with Crippen molar-refractivity contribution in [2.24, 2.45) is 0 Å². The number of carbonyl (C=O) groups excluding carboxylic acids is 2. The van der Waals surface area contributed by atoms with Crippen LogP contribution in [0.5, 0.6) is 0 Å². The number of rotatable bonds is 6. The molecular weight excluding hydrogens is 512 g/mol. The van der Waals surface area contributed by atoms with E-state index in [1.807, 2.05) is 0 Å². The lowest BCUT2D eigenvalue weighted by atomic mass is 9.99. The van der Waals surface area contributed by atoms with Crippen LogP contribution in [-0.2, 0) is 9.53 Å². The van der Waals surface area contributed by atoms with Crippen LogP contribution in [0.2, 0.25) is 0 Å². The number of nitrogens with zero attached hydrogens (tertiary/aromatic N) is 2. The molecule has 0 saturated carbocycles. The van der Waals surface area contributed by atoms with Crippen molar-refractivity contribution < 1.29 is 14.3 Å². The fourth-order valence-electron chi connectivity index (χ4n) is 3.56. The van der Waals surface area contributed by atoms with Gasteiger partial charge < -0.3 is 20.3 Å². The number of likely N-dealkylation sites (tertiary alicyclic amines) is 1. The Bertz CT molecular complexity index is 618. The van der Waals surface area contributed by atoms with Gasteiger partial charge in [-0.25, -0.2) is 4.98 Å². The van der Waals surface area contributed by atoms with E-state index in [0.29, 0.717) is 17.2 Å². The van der Waals surface area contributed by atoms with Gasteiger partial charge in [0.15, 0.2) is 0 Å². The Labute approximate surface area is 191 Å². The molecule has 10 heteroatoms. The molecule has 0 aliphatic carbocycles. The van der Waals surface area contributed by atoms with Crippen LogP contribution in [0.3, 0.4) is 0 Å². The smallest absolute Gasteiger partial charge is 0.306 e. The van der Waals surface area contributed by atoms with E-state index in [1.54, 1.807) is 6.20 Å². The van der Waals surface area contributed by atoms with Crippen molar-refractivity contribution in [1.29, 1.82) is 0 Å². The summed E-state index contributed by atoms with van der Waals surface area (Å²) in [5, 5.41) is 7.60. The SMILES string of the molecule is Br.Br.COC(=O)CCN1CCC(NC(=O)c2cnc(C3CCNCC3)s2)CC1. The number of halogens is 2. The predicted octanol–water partition coefficient (Wildman–Crippen LogP) is 2.52. The number of hydrogen-bond acceptors (Lipinski definition) is 7. The standard InChI is InChI=1S/C18H28N4O3S.2BrH/c1-25-16(23)6-11-22-9-4-14(5-10-22)21-17(24)15-12-20-18(26-15)13-2-7-19-8-3-13;;/h12-14,19H,2-11H2,1H3,(H,21,24);2*1H. The van der Waals surface area contributed by atoms with Crippen LogP contribution in [0.1, 0.15) is 52.7 Å². The lowest BCUT2D eigenvalue weighted by molar-refractivity contribution is -0.141. The summed E-state index contributed by atoms with van der Waals surface area (Å²) in [4.78, 5) is 31.2. The Morgan fingerprint density at radius 2 is 1.93 bits per heavy atom. The van der Waals surface area contributed by atoms with Crippen LogP contribution in [0.25, 0.3) is 0 Å². The van der Waals surface area contributed by atoms with Gasteiger partial charge in [-0.05, 0) is 38.8 Å². The average molecular weight is 542 g/mol. The molecule has 0 bridgehead atoms. The largest absolute Gasteiger partial charge is 0.469 e. The molecule has 7 nitrogen and oxygen atoms in total. The third-order valence-corrected chi connectivity index (χ3v) is 6.38. The number of aromatic nitrogens is 1. The number of hydrogen-bond donors (Lipinski definition) is 2. The normalized spacial score (nSPS) is 18.6. The van der Waals surface area contributed by atoms with Crippen molar-refractivity contribution in [3.05, 3.63) is 16.1 Å². The molecule has 3 heterocycles. The maximum absolute atomic E-state index is 12.5. The molecule has 0 spiro atoms. The Balaban J connectivity index is 0.00000196. The number of carbonyl (C=O) groups is 2. The highest BCUT2D eigenvalue weighted by Gasteiger charge is 2.24. The number of amides is 1. The minimum absolute atomic E-state index is 0. The predicted molar refractivity (Wildman–Crippen MR) is 121 cm³/mol. The third-order valence-electron chi connectivity index (χ3n) is 5.22. The second kappa shape index (κ2) is 12.9. The van der Waals surface area contributed by atoms with Gasteiger partial charge >= 0.3 is 5.97 Å². The molecule has 28 heavy (non-hydrogen) atoms. The van der Waals surface area contributed by atoms with Crippen molar-refractivity contribution in [1.82, 2.24) is 20.5 Å². The minimum Gasteiger partial charge on any atom is -0.469 e. The van der Waals surface area contributed by atoms with E-state index in [9.17, 15) is 9.59 Å². The molecule has 2 fully saturated rings.